The van der Waals surface area contributed by atoms with Gasteiger partial charge >= 0.3 is 21.0 Å². The van der Waals surface area contributed by atoms with Crippen molar-refractivity contribution in [1.82, 2.24) is 0 Å². The largest absolute Gasteiger partial charge is 0.825 e. The highest BCUT2D eigenvalue weighted by Crippen LogP contribution is 2.15. The Bertz CT molecular complexity index is 761. The van der Waals surface area contributed by atoms with Crippen LogP contribution in [0.1, 0.15) is 25.0 Å². The first kappa shape index (κ1) is 22.3. The molecule has 0 unspecified atom stereocenters. The van der Waals surface area contributed by atoms with Crippen molar-refractivity contribution in [2.75, 3.05) is 13.2 Å². The second kappa shape index (κ2) is 11.8. The minimum atomic E-state index is -4.00. The van der Waals surface area contributed by atoms with Gasteiger partial charge in [-0.25, -0.2) is 9.59 Å². The molecule has 0 fully saturated rings. The highest BCUT2D eigenvalue weighted by molar-refractivity contribution is 6.58. The summed E-state index contributed by atoms with van der Waals surface area (Å²) >= 11 is 0. The molecule has 0 aliphatic carbocycles. The lowest BCUT2D eigenvalue weighted by molar-refractivity contribution is -0.146. The maximum atomic E-state index is 12.3. The minimum absolute atomic E-state index is 0.150. The first-order valence-electron chi connectivity index (χ1n) is 9.27. The normalized spacial score (nSPS) is 11.7. The number of carbonyl (C=O) groups excluding carboxylic acids is 2. The predicted octanol–water partition coefficient (Wildman–Crippen LogP) is 4.01. The molecule has 0 saturated heterocycles. The van der Waals surface area contributed by atoms with E-state index in [0.717, 1.165) is 11.1 Å². The topological polar surface area (TPSA) is 71.1 Å². The predicted molar refractivity (Wildman–Crippen MR) is 112 cm³/mol. The number of carbonyl (C=O) groups is 2. The van der Waals surface area contributed by atoms with Gasteiger partial charge in [-0.15, -0.1) is 0 Å². The highest BCUT2D eigenvalue weighted by atomic mass is 28.4. The Kier molecular flexibility index (Phi) is 9.03. The van der Waals surface area contributed by atoms with Gasteiger partial charge in [0.1, 0.15) is 0 Å². The van der Waals surface area contributed by atoms with E-state index in [-0.39, 0.29) is 13.2 Å². The number of hydrogen-bond acceptors (Lipinski definition) is 6. The summed E-state index contributed by atoms with van der Waals surface area (Å²) in [5, 5.41) is 0. The van der Waals surface area contributed by atoms with Gasteiger partial charge in [-0.3, -0.25) is 0 Å². The molecule has 2 aromatic carbocycles. The smallest absolute Gasteiger partial charge is 0.439 e. The van der Waals surface area contributed by atoms with Gasteiger partial charge in [0.05, 0.1) is 0 Å². The van der Waals surface area contributed by atoms with E-state index in [1.807, 2.05) is 60.7 Å². The lowest BCUT2D eigenvalue weighted by atomic mass is 10.2. The molecule has 0 atom stereocenters. The fourth-order valence-corrected chi connectivity index (χ4v) is 4.00. The fraction of sp³-hybridized carbons (Fsp3) is 0.182. The van der Waals surface area contributed by atoms with Crippen LogP contribution >= 0.6 is 0 Å². The van der Waals surface area contributed by atoms with Crippen molar-refractivity contribution in [2.45, 2.75) is 13.8 Å². The van der Waals surface area contributed by atoms with Crippen LogP contribution in [-0.2, 0) is 27.3 Å². The third-order valence-corrected chi connectivity index (χ3v) is 5.70. The average molecular weight is 413 g/mol. The SMILES string of the molecule is CCO[Si](OCC)(OC(=O)C=Cc1ccccc1)OC(=O)C=Cc1ccccc1. The standard InChI is InChI=1S/C22H24O6Si/c1-3-25-29(26-4-2,27-21(23)17-15-19-11-7-5-8-12-19)28-22(24)18-16-20-13-9-6-10-14-20/h5-18H,3-4H2,1-2H3. The zero-order chi connectivity index (χ0) is 21.0. The van der Waals surface area contributed by atoms with Crippen LogP contribution in [0.2, 0.25) is 0 Å². The number of benzene rings is 2. The Morgan fingerprint density at radius 2 is 1.10 bits per heavy atom. The maximum absolute atomic E-state index is 12.3. The Morgan fingerprint density at radius 1 is 0.724 bits per heavy atom. The second-order valence-corrected chi connectivity index (χ2v) is 7.68. The Morgan fingerprint density at radius 3 is 1.45 bits per heavy atom. The Balaban J connectivity index is 2.09. The van der Waals surface area contributed by atoms with Gasteiger partial charge in [0.15, 0.2) is 0 Å². The first-order valence-corrected chi connectivity index (χ1v) is 10.9. The van der Waals surface area contributed by atoms with Gasteiger partial charge in [0, 0.05) is 25.4 Å². The molecule has 0 heterocycles. The summed E-state index contributed by atoms with van der Waals surface area (Å²) in [6.45, 7) is 3.69. The molecule has 152 valence electrons. The van der Waals surface area contributed by atoms with Crippen LogP contribution in [0.15, 0.2) is 72.8 Å². The van der Waals surface area contributed by atoms with Crippen LogP contribution in [0, 0.1) is 0 Å². The van der Waals surface area contributed by atoms with Crippen LogP contribution < -0.4 is 0 Å². The summed E-state index contributed by atoms with van der Waals surface area (Å²) in [6, 6.07) is 18.5. The summed E-state index contributed by atoms with van der Waals surface area (Å²) < 4.78 is 21.7. The molecule has 0 radical (unpaired) electrons. The van der Waals surface area contributed by atoms with E-state index in [4.69, 9.17) is 17.7 Å². The number of hydrogen-bond donors (Lipinski definition) is 0. The lowest BCUT2D eigenvalue weighted by Crippen LogP contribution is -2.51. The molecule has 2 rings (SSSR count). The third kappa shape index (κ3) is 7.87. The van der Waals surface area contributed by atoms with Gasteiger partial charge in [-0.2, -0.15) is 0 Å². The van der Waals surface area contributed by atoms with E-state index in [0.29, 0.717) is 0 Å². The molecule has 0 aliphatic rings. The van der Waals surface area contributed by atoms with Crippen molar-refractivity contribution in [3.05, 3.63) is 83.9 Å². The van der Waals surface area contributed by atoms with E-state index >= 15 is 0 Å². The maximum Gasteiger partial charge on any atom is 0.825 e. The number of rotatable bonds is 10. The molecular formula is C22H24O6Si. The Hall–Kier alpha value is -3.00. The van der Waals surface area contributed by atoms with Crippen LogP contribution in [0.5, 0.6) is 0 Å². The van der Waals surface area contributed by atoms with Gasteiger partial charge in [0.2, 0.25) is 0 Å². The minimum Gasteiger partial charge on any atom is -0.439 e. The molecule has 6 nitrogen and oxygen atoms in total. The molecule has 0 spiro atoms. The third-order valence-electron chi connectivity index (χ3n) is 3.52. The van der Waals surface area contributed by atoms with Gasteiger partial charge < -0.3 is 17.7 Å². The van der Waals surface area contributed by atoms with E-state index in [1.165, 1.54) is 12.2 Å². The van der Waals surface area contributed by atoms with E-state index in [9.17, 15) is 9.59 Å². The fourth-order valence-electron chi connectivity index (χ4n) is 2.31. The van der Waals surface area contributed by atoms with E-state index in [2.05, 4.69) is 0 Å². The van der Waals surface area contributed by atoms with Crippen molar-refractivity contribution in [1.29, 1.82) is 0 Å². The van der Waals surface area contributed by atoms with Crippen molar-refractivity contribution >= 4 is 33.1 Å². The molecule has 0 bridgehead atoms. The molecule has 7 heteroatoms. The molecular weight excluding hydrogens is 388 g/mol. The molecule has 29 heavy (non-hydrogen) atoms. The van der Waals surface area contributed by atoms with Gasteiger partial charge in [-0.05, 0) is 37.1 Å². The monoisotopic (exact) mass is 412 g/mol. The highest BCUT2D eigenvalue weighted by Gasteiger charge is 2.53. The van der Waals surface area contributed by atoms with Crippen molar-refractivity contribution in [3.8, 4) is 0 Å². The molecule has 0 amide bonds. The summed E-state index contributed by atoms with van der Waals surface area (Å²) in [5.74, 6) is -1.44. The van der Waals surface area contributed by atoms with Gasteiger partial charge in [-0.1, -0.05) is 60.7 Å². The molecule has 0 N–H and O–H groups in total. The summed E-state index contributed by atoms with van der Waals surface area (Å²) in [5.41, 5.74) is 1.65. The van der Waals surface area contributed by atoms with Crippen LogP contribution in [0.4, 0.5) is 0 Å². The average Bonchev–Trinajstić information content (AvgIpc) is 2.73. The van der Waals surface area contributed by atoms with E-state index < -0.39 is 21.0 Å². The summed E-state index contributed by atoms with van der Waals surface area (Å²) in [7, 11) is -4.00. The van der Waals surface area contributed by atoms with Crippen molar-refractivity contribution < 1.29 is 27.3 Å². The molecule has 0 saturated carbocycles. The summed E-state index contributed by atoms with van der Waals surface area (Å²) in [6.07, 6.45) is 5.67. The van der Waals surface area contributed by atoms with Crippen molar-refractivity contribution in [3.63, 3.8) is 0 Å². The Labute approximate surface area is 171 Å². The van der Waals surface area contributed by atoms with E-state index in [1.54, 1.807) is 26.0 Å². The van der Waals surface area contributed by atoms with Gasteiger partial charge in [0.25, 0.3) is 0 Å². The first-order chi connectivity index (χ1) is 14.1. The zero-order valence-corrected chi connectivity index (χ0v) is 17.4. The zero-order valence-electron chi connectivity index (χ0n) is 16.4. The van der Waals surface area contributed by atoms with Crippen LogP contribution in [-0.4, -0.2) is 34.2 Å². The molecule has 2 aromatic rings. The summed E-state index contributed by atoms with van der Waals surface area (Å²) in [4.78, 5) is 24.6. The molecule has 0 aromatic heterocycles. The van der Waals surface area contributed by atoms with Crippen LogP contribution in [0.3, 0.4) is 0 Å². The van der Waals surface area contributed by atoms with Crippen molar-refractivity contribution in [2.24, 2.45) is 0 Å². The second-order valence-electron chi connectivity index (χ2n) is 5.70. The van der Waals surface area contributed by atoms with Crippen LogP contribution in [0.25, 0.3) is 12.2 Å². The quantitative estimate of drug-likeness (QED) is 0.434. The molecule has 0 aliphatic heterocycles. The lowest BCUT2D eigenvalue weighted by Gasteiger charge is -2.24.